The number of halogens is 2. The normalized spacial score (nSPS) is 11.1. The number of hydrogen-bond donors (Lipinski definition) is 0. The van der Waals surface area contributed by atoms with E-state index in [1.54, 1.807) is 36.2 Å². The molecule has 2 aromatic heterocycles. The summed E-state index contributed by atoms with van der Waals surface area (Å²) in [5, 5.41) is 5.48. The van der Waals surface area contributed by atoms with Crippen LogP contribution in [0.2, 0.25) is 0 Å². The third-order valence-corrected chi connectivity index (χ3v) is 6.18. The van der Waals surface area contributed by atoms with Crippen molar-refractivity contribution in [2.24, 2.45) is 0 Å². The van der Waals surface area contributed by atoms with Gasteiger partial charge in [0.25, 0.3) is 5.91 Å². The van der Waals surface area contributed by atoms with Crippen LogP contribution in [0.25, 0.3) is 10.2 Å². The van der Waals surface area contributed by atoms with E-state index in [0.717, 1.165) is 21.5 Å². The van der Waals surface area contributed by atoms with Crippen molar-refractivity contribution in [3.05, 3.63) is 81.9 Å². The highest BCUT2D eigenvalue weighted by Crippen LogP contribution is 2.30. The number of ether oxygens (including phenoxy) is 1. The summed E-state index contributed by atoms with van der Waals surface area (Å²) in [6.45, 7) is 2.66. The van der Waals surface area contributed by atoms with Gasteiger partial charge in [0.2, 0.25) is 0 Å². The van der Waals surface area contributed by atoms with Crippen molar-refractivity contribution in [1.82, 2.24) is 14.7 Å². The van der Waals surface area contributed by atoms with Crippen molar-refractivity contribution in [1.29, 1.82) is 0 Å². The highest BCUT2D eigenvalue weighted by atomic mass is 32.1. The minimum atomic E-state index is -0.459. The Morgan fingerprint density at radius 2 is 1.84 bits per heavy atom. The first-order valence-electron chi connectivity index (χ1n) is 9.65. The van der Waals surface area contributed by atoms with E-state index in [1.165, 1.54) is 36.6 Å². The second kappa shape index (κ2) is 8.47. The molecule has 0 aliphatic carbocycles. The maximum atomic E-state index is 14.0. The van der Waals surface area contributed by atoms with Crippen LogP contribution in [-0.4, -0.2) is 34.7 Å². The van der Waals surface area contributed by atoms with Crippen LogP contribution < -0.4 is 4.74 Å². The van der Waals surface area contributed by atoms with E-state index < -0.39 is 5.82 Å². The summed E-state index contributed by atoms with van der Waals surface area (Å²) in [5.41, 5.74) is 2.42. The first kappa shape index (κ1) is 21.0. The summed E-state index contributed by atoms with van der Waals surface area (Å²) >= 11 is 1.36. The number of aromatic nitrogens is 2. The minimum Gasteiger partial charge on any atom is -0.494 e. The highest BCUT2D eigenvalue weighted by molar-refractivity contribution is 7.20. The van der Waals surface area contributed by atoms with Gasteiger partial charge in [0.15, 0.2) is 11.6 Å². The van der Waals surface area contributed by atoms with Gasteiger partial charge in [-0.1, -0.05) is 18.2 Å². The fourth-order valence-electron chi connectivity index (χ4n) is 3.43. The Morgan fingerprint density at radius 1 is 1.13 bits per heavy atom. The van der Waals surface area contributed by atoms with E-state index in [1.807, 2.05) is 17.7 Å². The third kappa shape index (κ3) is 4.29. The van der Waals surface area contributed by atoms with Crippen molar-refractivity contribution in [3.63, 3.8) is 0 Å². The molecule has 0 saturated heterocycles. The van der Waals surface area contributed by atoms with E-state index in [0.29, 0.717) is 17.0 Å². The van der Waals surface area contributed by atoms with Gasteiger partial charge in [0, 0.05) is 19.0 Å². The number of fused-ring (bicyclic) bond motifs is 1. The fraction of sp³-hybridized carbons (Fsp3) is 0.217. The molecule has 160 valence electrons. The molecule has 0 radical (unpaired) electrons. The molecule has 0 spiro atoms. The Balaban J connectivity index is 1.55. The molecule has 5 nitrogen and oxygen atoms in total. The van der Waals surface area contributed by atoms with Gasteiger partial charge in [0.05, 0.1) is 24.2 Å². The van der Waals surface area contributed by atoms with Gasteiger partial charge in [-0.3, -0.25) is 9.48 Å². The van der Waals surface area contributed by atoms with Gasteiger partial charge in [-0.2, -0.15) is 5.10 Å². The van der Waals surface area contributed by atoms with Crippen molar-refractivity contribution < 1.29 is 18.3 Å². The summed E-state index contributed by atoms with van der Waals surface area (Å²) in [7, 11) is 3.10. The molecule has 31 heavy (non-hydrogen) atoms. The number of hydrogen-bond acceptors (Lipinski definition) is 4. The summed E-state index contributed by atoms with van der Waals surface area (Å²) < 4.78 is 33.9. The van der Waals surface area contributed by atoms with Gasteiger partial charge in [-0.05, 0) is 48.4 Å². The van der Waals surface area contributed by atoms with Crippen LogP contribution >= 0.6 is 11.3 Å². The average molecular weight is 442 g/mol. The molecule has 8 heteroatoms. The molecule has 0 unspecified atom stereocenters. The van der Waals surface area contributed by atoms with Crippen LogP contribution in [0.5, 0.6) is 5.75 Å². The molecule has 0 fully saturated rings. The summed E-state index contributed by atoms with van der Waals surface area (Å²) in [4.78, 5) is 16.0. The van der Waals surface area contributed by atoms with E-state index in [9.17, 15) is 13.6 Å². The number of thiophene rings is 1. The lowest BCUT2D eigenvalue weighted by molar-refractivity contribution is 0.0790. The number of methoxy groups -OCH3 is 1. The van der Waals surface area contributed by atoms with Gasteiger partial charge in [-0.15, -0.1) is 11.3 Å². The molecular formula is C23H21F2N3O2S. The Kier molecular flexibility index (Phi) is 5.73. The third-order valence-electron chi connectivity index (χ3n) is 5.05. The number of aryl methyl sites for hydroxylation is 1. The number of carbonyl (C=O) groups is 1. The summed E-state index contributed by atoms with van der Waals surface area (Å²) in [5.74, 6) is -0.720. The second-order valence-electron chi connectivity index (χ2n) is 7.33. The van der Waals surface area contributed by atoms with Gasteiger partial charge in [-0.25, -0.2) is 8.78 Å². The lowest BCUT2D eigenvalue weighted by atomic mass is 10.2. The molecule has 0 N–H and O–H groups in total. The Labute approximate surface area is 182 Å². The standard InChI is InChI=1S/C23H21F2N3O2S/c1-14-18-11-21(22(29)27(2)12-16-6-9-20(30-3)19(25)10-16)31-23(18)28(26-14)13-15-4-7-17(24)8-5-15/h4-11H,12-13H2,1-3H3. The van der Waals surface area contributed by atoms with Gasteiger partial charge < -0.3 is 9.64 Å². The predicted octanol–water partition coefficient (Wildman–Crippen LogP) is 5.01. The zero-order valence-corrected chi connectivity index (χ0v) is 18.2. The maximum absolute atomic E-state index is 14.0. The van der Waals surface area contributed by atoms with Crippen LogP contribution in [0.1, 0.15) is 26.5 Å². The van der Waals surface area contributed by atoms with Crippen LogP contribution in [0.15, 0.2) is 48.5 Å². The number of rotatable bonds is 6. The molecular weight excluding hydrogens is 420 g/mol. The Morgan fingerprint density at radius 3 is 2.52 bits per heavy atom. The first-order chi connectivity index (χ1) is 14.9. The number of amides is 1. The smallest absolute Gasteiger partial charge is 0.264 e. The van der Waals surface area contributed by atoms with Crippen LogP contribution in [0, 0.1) is 18.6 Å². The minimum absolute atomic E-state index is 0.148. The second-order valence-corrected chi connectivity index (χ2v) is 8.36. The first-order valence-corrected chi connectivity index (χ1v) is 10.5. The van der Waals surface area contributed by atoms with E-state index in [4.69, 9.17) is 4.74 Å². The molecule has 2 heterocycles. The van der Waals surface area contributed by atoms with Crippen LogP contribution in [0.3, 0.4) is 0 Å². The monoisotopic (exact) mass is 441 g/mol. The van der Waals surface area contributed by atoms with E-state index in [2.05, 4.69) is 5.10 Å². The SMILES string of the molecule is COc1ccc(CN(C)C(=O)c2cc3c(C)nn(Cc4ccc(F)cc4)c3s2)cc1F. The summed E-state index contributed by atoms with van der Waals surface area (Å²) in [6.07, 6.45) is 0. The topological polar surface area (TPSA) is 47.4 Å². The van der Waals surface area contributed by atoms with Crippen molar-refractivity contribution in [3.8, 4) is 5.75 Å². The lowest BCUT2D eigenvalue weighted by Gasteiger charge is -2.16. The molecule has 4 aromatic rings. The molecule has 0 bridgehead atoms. The molecule has 2 aromatic carbocycles. The molecule has 0 aliphatic rings. The zero-order chi connectivity index (χ0) is 22.1. The predicted molar refractivity (Wildman–Crippen MR) is 117 cm³/mol. The Hall–Kier alpha value is -3.26. The average Bonchev–Trinajstić information content (AvgIpc) is 3.30. The molecule has 0 atom stereocenters. The highest BCUT2D eigenvalue weighted by Gasteiger charge is 2.20. The van der Waals surface area contributed by atoms with E-state index >= 15 is 0 Å². The maximum Gasteiger partial charge on any atom is 0.264 e. The van der Waals surface area contributed by atoms with Crippen molar-refractivity contribution in [2.75, 3.05) is 14.2 Å². The summed E-state index contributed by atoms with van der Waals surface area (Å²) in [6, 6.07) is 12.8. The molecule has 0 saturated carbocycles. The lowest BCUT2D eigenvalue weighted by Crippen LogP contribution is -2.25. The van der Waals surface area contributed by atoms with Crippen molar-refractivity contribution in [2.45, 2.75) is 20.0 Å². The molecule has 4 rings (SSSR count). The number of benzene rings is 2. The van der Waals surface area contributed by atoms with Crippen LogP contribution in [-0.2, 0) is 13.1 Å². The van der Waals surface area contributed by atoms with E-state index in [-0.39, 0.29) is 24.0 Å². The van der Waals surface area contributed by atoms with Crippen molar-refractivity contribution >= 4 is 27.5 Å². The molecule has 1 amide bonds. The largest absolute Gasteiger partial charge is 0.494 e. The number of carbonyl (C=O) groups excluding carboxylic acids is 1. The zero-order valence-electron chi connectivity index (χ0n) is 17.4. The van der Waals surface area contributed by atoms with Gasteiger partial charge in [0.1, 0.15) is 10.6 Å². The van der Waals surface area contributed by atoms with Gasteiger partial charge >= 0.3 is 0 Å². The number of nitrogens with zero attached hydrogens (tertiary/aromatic N) is 3. The molecule has 0 aliphatic heterocycles. The van der Waals surface area contributed by atoms with Crippen LogP contribution in [0.4, 0.5) is 8.78 Å². The quantitative estimate of drug-likeness (QED) is 0.422. The Bertz CT molecular complexity index is 1250. The fourth-order valence-corrected chi connectivity index (χ4v) is 4.59.